The Morgan fingerprint density at radius 3 is 2.74 bits per heavy atom. The Bertz CT molecular complexity index is 1080. The van der Waals surface area contributed by atoms with E-state index >= 15 is 0 Å². The van der Waals surface area contributed by atoms with Gasteiger partial charge >= 0.3 is 6.03 Å². The van der Waals surface area contributed by atoms with Crippen LogP contribution in [-0.4, -0.2) is 56.1 Å². The maximum Gasteiger partial charge on any atom is 0.325 e. The van der Waals surface area contributed by atoms with E-state index in [2.05, 4.69) is 15.7 Å². The molecule has 2 aromatic heterocycles. The highest BCUT2D eigenvalue weighted by atomic mass is 16.2. The van der Waals surface area contributed by atoms with Crippen LogP contribution in [0.2, 0.25) is 0 Å². The summed E-state index contributed by atoms with van der Waals surface area (Å²) >= 11 is 0. The fraction of sp³-hybridized carbons (Fsp3) is 0.591. The first kappa shape index (κ1) is 20.0. The molecule has 0 atom stereocenters. The summed E-state index contributed by atoms with van der Waals surface area (Å²) < 4.78 is 1.73. The molecule has 2 saturated carbocycles. The SMILES string of the molecule is Cc1nn(C)c2nc(C3CC3)cc(C(=O)NCCCN3C(=O)NC4(CCCC4)C3=O)c12. The van der Waals surface area contributed by atoms with Gasteiger partial charge in [-0.05, 0) is 45.1 Å². The fourth-order valence-corrected chi connectivity index (χ4v) is 4.96. The number of amides is 4. The van der Waals surface area contributed by atoms with Crippen molar-refractivity contribution in [1.82, 2.24) is 30.3 Å². The molecule has 3 aliphatic rings. The van der Waals surface area contributed by atoms with E-state index in [9.17, 15) is 14.4 Å². The Balaban J connectivity index is 1.25. The lowest BCUT2D eigenvalue weighted by molar-refractivity contribution is -0.131. The summed E-state index contributed by atoms with van der Waals surface area (Å²) in [4.78, 5) is 44.0. The van der Waals surface area contributed by atoms with Gasteiger partial charge in [-0.2, -0.15) is 5.10 Å². The van der Waals surface area contributed by atoms with Gasteiger partial charge in [0, 0.05) is 31.7 Å². The number of fused-ring (bicyclic) bond motifs is 1. The summed E-state index contributed by atoms with van der Waals surface area (Å²) in [5.41, 5.74) is 2.37. The zero-order chi connectivity index (χ0) is 21.8. The van der Waals surface area contributed by atoms with Crippen LogP contribution in [0.5, 0.6) is 0 Å². The molecule has 1 spiro atoms. The van der Waals surface area contributed by atoms with E-state index in [1.165, 1.54) is 4.90 Å². The summed E-state index contributed by atoms with van der Waals surface area (Å²) in [6, 6.07) is 1.58. The number of aryl methyl sites for hydroxylation is 2. The second-order valence-corrected chi connectivity index (χ2v) is 9.06. The predicted octanol–water partition coefficient (Wildman–Crippen LogP) is 2.14. The summed E-state index contributed by atoms with van der Waals surface area (Å²) in [5.74, 6) is 0.140. The van der Waals surface area contributed by atoms with Crippen LogP contribution >= 0.6 is 0 Å². The number of hydrogen-bond donors (Lipinski definition) is 2. The normalized spacial score (nSPS) is 20.1. The Hall–Kier alpha value is -2.97. The lowest BCUT2D eigenvalue weighted by Crippen LogP contribution is -2.44. The number of urea groups is 1. The topological polar surface area (TPSA) is 109 Å². The van der Waals surface area contributed by atoms with Crippen molar-refractivity contribution in [2.45, 2.75) is 63.3 Å². The average Bonchev–Trinajstić information content (AvgIpc) is 3.36. The standard InChI is InChI=1S/C22H28N6O3/c1-13-17-15(12-16(14-6-7-14)24-18(17)27(2)26-13)19(29)23-10-5-11-28-20(30)22(25-21(28)31)8-3-4-9-22/h12,14H,3-11H2,1-2H3,(H,23,29)(H,25,31). The first-order chi connectivity index (χ1) is 14.9. The largest absolute Gasteiger partial charge is 0.352 e. The van der Waals surface area contributed by atoms with E-state index in [-0.39, 0.29) is 17.8 Å². The van der Waals surface area contributed by atoms with Gasteiger partial charge < -0.3 is 10.6 Å². The van der Waals surface area contributed by atoms with Gasteiger partial charge in [-0.25, -0.2) is 9.78 Å². The number of rotatable bonds is 6. The van der Waals surface area contributed by atoms with Crippen molar-refractivity contribution in [1.29, 1.82) is 0 Å². The molecular weight excluding hydrogens is 396 g/mol. The first-order valence-electron chi connectivity index (χ1n) is 11.2. The molecule has 2 aromatic rings. The van der Waals surface area contributed by atoms with Gasteiger partial charge in [-0.3, -0.25) is 19.2 Å². The van der Waals surface area contributed by atoms with Crippen LogP contribution in [0.1, 0.15) is 72.6 Å². The molecule has 0 unspecified atom stereocenters. The quantitative estimate of drug-likeness (QED) is 0.545. The second-order valence-electron chi connectivity index (χ2n) is 9.06. The molecule has 9 heteroatoms. The Morgan fingerprint density at radius 1 is 1.29 bits per heavy atom. The third kappa shape index (κ3) is 3.36. The second kappa shape index (κ2) is 7.32. The average molecular weight is 425 g/mol. The molecule has 1 saturated heterocycles. The van der Waals surface area contributed by atoms with Crippen molar-refractivity contribution in [3.63, 3.8) is 0 Å². The third-order valence-corrected chi connectivity index (χ3v) is 6.78. The van der Waals surface area contributed by atoms with Gasteiger partial charge in [-0.15, -0.1) is 0 Å². The number of carbonyl (C=O) groups is 3. The van der Waals surface area contributed by atoms with Gasteiger partial charge in [0.15, 0.2) is 5.65 Å². The summed E-state index contributed by atoms with van der Waals surface area (Å²) in [6.07, 6.45) is 6.08. The van der Waals surface area contributed by atoms with Crippen LogP contribution < -0.4 is 10.6 Å². The molecule has 0 bridgehead atoms. The minimum absolute atomic E-state index is 0.114. The smallest absolute Gasteiger partial charge is 0.325 e. The zero-order valence-corrected chi connectivity index (χ0v) is 18.0. The van der Waals surface area contributed by atoms with Crippen molar-refractivity contribution in [2.24, 2.45) is 7.05 Å². The highest BCUT2D eigenvalue weighted by molar-refractivity contribution is 6.07. The van der Waals surface area contributed by atoms with Crippen molar-refractivity contribution >= 4 is 28.9 Å². The molecule has 2 aliphatic carbocycles. The van der Waals surface area contributed by atoms with E-state index in [0.29, 0.717) is 31.0 Å². The van der Waals surface area contributed by atoms with Crippen LogP contribution in [-0.2, 0) is 11.8 Å². The molecule has 31 heavy (non-hydrogen) atoms. The number of imide groups is 1. The van der Waals surface area contributed by atoms with E-state index in [1.807, 2.05) is 20.0 Å². The lowest BCUT2D eigenvalue weighted by Gasteiger charge is -2.20. The Morgan fingerprint density at radius 2 is 2.03 bits per heavy atom. The van der Waals surface area contributed by atoms with E-state index in [1.54, 1.807) is 4.68 Å². The fourth-order valence-electron chi connectivity index (χ4n) is 4.96. The molecule has 0 aromatic carbocycles. The van der Waals surface area contributed by atoms with Crippen LogP contribution in [0.25, 0.3) is 11.0 Å². The minimum Gasteiger partial charge on any atom is -0.352 e. The number of nitrogens with zero attached hydrogens (tertiary/aromatic N) is 4. The molecule has 2 N–H and O–H groups in total. The molecule has 3 heterocycles. The van der Waals surface area contributed by atoms with Crippen molar-refractivity contribution in [3.05, 3.63) is 23.0 Å². The molecule has 9 nitrogen and oxygen atoms in total. The minimum atomic E-state index is -0.681. The van der Waals surface area contributed by atoms with Crippen LogP contribution in [0.4, 0.5) is 4.79 Å². The summed E-state index contributed by atoms with van der Waals surface area (Å²) in [5, 5.41) is 11.1. The predicted molar refractivity (Wildman–Crippen MR) is 114 cm³/mol. The monoisotopic (exact) mass is 424 g/mol. The number of aromatic nitrogens is 3. The highest BCUT2D eigenvalue weighted by Gasteiger charge is 2.52. The van der Waals surface area contributed by atoms with Gasteiger partial charge in [0.05, 0.1) is 16.6 Å². The maximum atomic E-state index is 13.0. The van der Waals surface area contributed by atoms with E-state index in [0.717, 1.165) is 60.9 Å². The van der Waals surface area contributed by atoms with Crippen molar-refractivity contribution < 1.29 is 14.4 Å². The van der Waals surface area contributed by atoms with Crippen LogP contribution in [0.15, 0.2) is 6.07 Å². The van der Waals surface area contributed by atoms with E-state index in [4.69, 9.17) is 4.98 Å². The molecule has 3 fully saturated rings. The van der Waals surface area contributed by atoms with Crippen molar-refractivity contribution in [2.75, 3.05) is 13.1 Å². The van der Waals surface area contributed by atoms with Crippen molar-refractivity contribution in [3.8, 4) is 0 Å². The first-order valence-corrected chi connectivity index (χ1v) is 11.2. The van der Waals surface area contributed by atoms with Crippen LogP contribution in [0, 0.1) is 6.92 Å². The Labute approximate surface area is 180 Å². The number of nitrogens with one attached hydrogen (secondary N) is 2. The molecule has 164 valence electrons. The van der Waals surface area contributed by atoms with E-state index < -0.39 is 5.54 Å². The Kier molecular flexibility index (Phi) is 4.71. The van der Waals surface area contributed by atoms with Gasteiger partial charge in [0.25, 0.3) is 11.8 Å². The van der Waals surface area contributed by atoms with Crippen LogP contribution in [0.3, 0.4) is 0 Å². The number of pyridine rings is 1. The number of carbonyl (C=O) groups excluding carboxylic acids is 3. The van der Waals surface area contributed by atoms with Gasteiger partial charge in [-0.1, -0.05) is 12.8 Å². The molecule has 4 amide bonds. The third-order valence-electron chi connectivity index (χ3n) is 6.78. The zero-order valence-electron chi connectivity index (χ0n) is 18.0. The van der Waals surface area contributed by atoms with Gasteiger partial charge in [0.2, 0.25) is 0 Å². The summed E-state index contributed by atoms with van der Waals surface area (Å²) in [6.45, 7) is 2.57. The maximum absolute atomic E-state index is 13.0. The highest BCUT2D eigenvalue weighted by Crippen LogP contribution is 2.40. The number of hydrogen-bond acceptors (Lipinski definition) is 5. The lowest BCUT2D eigenvalue weighted by atomic mass is 9.98. The van der Waals surface area contributed by atoms with Gasteiger partial charge in [0.1, 0.15) is 5.54 Å². The molecule has 1 aliphatic heterocycles. The molecule has 5 rings (SSSR count). The molecule has 0 radical (unpaired) electrons. The summed E-state index contributed by atoms with van der Waals surface area (Å²) in [7, 11) is 1.84. The molecular formula is C22H28N6O3.